The summed E-state index contributed by atoms with van der Waals surface area (Å²) in [6.07, 6.45) is 5.38. The Kier molecular flexibility index (Phi) is 3.83. The molecule has 1 aromatic carbocycles. The molecule has 0 N–H and O–H groups in total. The van der Waals surface area contributed by atoms with Gasteiger partial charge in [0.25, 0.3) is 5.91 Å². The zero-order chi connectivity index (χ0) is 17.4. The van der Waals surface area contributed by atoms with E-state index in [1.807, 2.05) is 31.2 Å². The zero-order valence-corrected chi connectivity index (χ0v) is 14.2. The van der Waals surface area contributed by atoms with Crippen LogP contribution in [0.4, 0.5) is 0 Å². The Bertz CT molecular complexity index is 865. The summed E-state index contributed by atoms with van der Waals surface area (Å²) in [5.41, 5.74) is 2.33. The summed E-state index contributed by atoms with van der Waals surface area (Å²) in [7, 11) is 1.78. The average Bonchev–Trinajstić information content (AvgIpc) is 3.15. The summed E-state index contributed by atoms with van der Waals surface area (Å²) >= 11 is 0. The van der Waals surface area contributed by atoms with E-state index in [9.17, 15) is 4.79 Å². The Morgan fingerprint density at radius 1 is 1.32 bits per heavy atom. The normalized spacial score (nSPS) is 15.1. The number of nitrogens with zero attached hydrogens (tertiary/aromatic N) is 5. The predicted octanol–water partition coefficient (Wildman–Crippen LogP) is 2.97. The molecular weight excluding hydrogens is 318 g/mol. The monoisotopic (exact) mass is 337 g/mol. The molecule has 4 rings (SSSR count). The van der Waals surface area contributed by atoms with Crippen LogP contribution in [0, 0.1) is 0 Å². The molecule has 1 aliphatic carbocycles. The number of benzene rings is 1. The Morgan fingerprint density at radius 3 is 2.72 bits per heavy atom. The second kappa shape index (κ2) is 6.16. The summed E-state index contributed by atoms with van der Waals surface area (Å²) in [4.78, 5) is 18.3. The molecule has 1 saturated carbocycles. The first kappa shape index (κ1) is 15.6. The lowest BCUT2D eigenvalue weighted by molar-refractivity contribution is 0.0732. The largest absolute Gasteiger partial charge is 0.360 e. The molecule has 1 fully saturated rings. The van der Waals surface area contributed by atoms with E-state index in [0.29, 0.717) is 11.6 Å². The molecule has 0 saturated heterocycles. The van der Waals surface area contributed by atoms with Crippen LogP contribution in [0.1, 0.15) is 53.5 Å². The van der Waals surface area contributed by atoms with Crippen molar-refractivity contribution in [2.24, 2.45) is 0 Å². The summed E-state index contributed by atoms with van der Waals surface area (Å²) in [6, 6.07) is 9.59. The maximum atomic E-state index is 12.7. The van der Waals surface area contributed by atoms with Crippen molar-refractivity contribution in [1.82, 2.24) is 24.8 Å². The molecule has 2 aromatic heterocycles. The standard InChI is InChI=1S/C18H19N5O2/c1-12(13-5-7-15(8-6-13)23-11-19-10-20-23)22(2)18(24)16-9-17(25-21-16)14-3-4-14/h5-12,14H,3-4H2,1-2H3. The Labute approximate surface area is 145 Å². The van der Waals surface area contributed by atoms with Crippen molar-refractivity contribution in [3.63, 3.8) is 0 Å². The maximum Gasteiger partial charge on any atom is 0.276 e. The highest BCUT2D eigenvalue weighted by Gasteiger charge is 2.30. The van der Waals surface area contributed by atoms with Crippen LogP contribution in [0.3, 0.4) is 0 Å². The lowest BCUT2D eigenvalue weighted by Crippen LogP contribution is -2.29. The van der Waals surface area contributed by atoms with E-state index in [1.165, 1.54) is 6.33 Å². The van der Waals surface area contributed by atoms with Gasteiger partial charge in [0.1, 0.15) is 18.4 Å². The van der Waals surface area contributed by atoms with Crippen LogP contribution in [-0.2, 0) is 0 Å². The Balaban J connectivity index is 1.48. The maximum absolute atomic E-state index is 12.7. The predicted molar refractivity (Wildman–Crippen MR) is 90.3 cm³/mol. The van der Waals surface area contributed by atoms with Gasteiger partial charge >= 0.3 is 0 Å². The summed E-state index contributed by atoms with van der Waals surface area (Å²) in [6.45, 7) is 1.99. The van der Waals surface area contributed by atoms with Crippen molar-refractivity contribution >= 4 is 5.91 Å². The van der Waals surface area contributed by atoms with E-state index in [1.54, 1.807) is 29.0 Å². The number of rotatable bonds is 5. The first-order chi connectivity index (χ1) is 12.1. The molecular formula is C18H19N5O2. The number of aromatic nitrogens is 4. The van der Waals surface area contributed by atoms with E-state index >= 15 is 0 Å². The quantitative estimate of drug-likeness (QED) is 0.715. The van der Waals surface area contributed by atoms with Gasteiger partial charge < -0.3 is 9.42 Å². The Hall–Kier alpha value is -2.96. The fourth-order valence-corrected chi connectivity index (χ4v) is 2.78. The fraction of sp³-hybridized carbons (Fsp3) is 0.333. The van der Waals surface area contributed by atoms with Crippen LogP contribution in [0.2, 0.25) is 0 Å². The first-order valence-corrected chi connectivity index (χ1v) is 8.32. The SMILES string of the molecule is CC(c1ccc(-n2cncn2)cc1)N(C)C(=O)c1cc(C2CC2)on1. The molecule has 25 heavy (non-hydrogen) atoms. The van der Waals surface area contributed by atoms with Gasteiger partial charge in [0.15, 0.2) is 5.69 Å². The molecule has 3 aromatic rings. The van der Waals surface area contributed by atoms with Crippen molar-refractivity contribution in [2.45, 2.75) is 31.7 Å². The third-order valence-electron chi connectivity index (χ3n) is 4.69. The molecule has 1 aliphatic rings. The van der Waals surface area contributed by atoms with Gasteiger partial charge in [0.05, 0.1) is 11.7 Å². The highest BCUT2D eigenvalue weighted by atomic mass is 16.5. The second-order valence-corrected chi connectivity index (χ2v) is 6.41. The molecule has 2 heterocycles. The third-order valence-corrected chi connectivity index (χ3v) is 4.69. The zero-order valence-electron chi connectivity index (χ0n) is 14.2. The molecule has 0 spiro atoms. The van der Waals surface area contributed by atoms with E-state index in [-0.39, 0.29) is 11.9 Å². The molecule has 1 atom stereocenters. The lowest BCUT2D eigenvalue weighted by atomic mass is 10.1. The van der Waals surface area contributed by atoms with Gasteiger partial charge in [-0.15, -0.1) is 0 Å². The number of hydrogen-bond donors (Lipinski definition) is 0. The van der Waals surface area contributed by atoms with Crippen molar-refractivity contribution in [3.05, 3.63) is 60.0 Å². The van der Waals surface area contributed by atoms with Crippen LogP contribution < -0.4 is 0 Å². The van der Waals surface area contributed by atoms with Gasteiger partial charge in [-0.2, -0.15) is 5.10 Å². The number of carbonyl (C=O) groups excluding carboxylic acids is 1. The summed E-state index contributed by atoms with van der Waals surface area (Å²) in [5.74, 6) is 1.13. The van der Waals surface area contributed by atoms with Gasteiger partial charge in [-0.3, -0.25) is 4.79 Å². The molecule has 0 bridgehead atoms. The molecule has 7 heteroatoms. The molecule has 0 aliphatic heterocycles. The van der Waals surface area contributed by atoms with Gasteiger partial charge in [-0.05, 0) is 37.5 Å². The highest BCUT2D eigenvalue weighted by molar-refractivity contribution is 5.92. The van der Waals surface area contributed by atoms with Crippen LogP contribution >= 0.6 is 0 Å². The summed E-state index contributed by atoms with van der Waals surface area (Å²) < 4.78 is 6.98. The minimum Gasteiger partial charge on any atom is -0.360 e. The van der Waals surface area contributed by atoms with Gasteiger partial charge in [-0.25, -0.2) is 9.67 Å². The minimum atomic E-state index is -0.136. The van der Waals surface area contributed by atoms with Crippen molar-refractivity contribution in [3.8, 4) is 5.69 Å². The smallest absolute Gasteiger partial charge is 0.276 e. The van der Waals surface area contributed by atoms with E-state index in [0.717, 1.165) is 29.9 Å². The van der Waals surface area contributed by atoms with E-state index < -0.39 is 0 Å². The Morgan fingerprint density at radius 2 is 2.08 bits per heavy atom. The van der Waals surface area contributed by atoms with E-state index in [2.05, 4.69) is 15.2 Å². The first-order valence-electron chi connectivity index (χ1n) is 8.32. The average molecular weight is 337 g/mol. The van der Waals surface area contributed by atoms with Gasteiger partial charge in [0.2, 0.25) is 0 Å². The van der Waals surface area contributed by atoms with Crippen molar-refractivity contribution < 1.29 is 9.32 Å². The highest BCUT2D eigenvalue weighted by Crippen LogP contribution is 2.40. The number of amides is 1. The minimum absolute atomic E-state index is 0.0848. The lowest BCUT2D eigenvalue weighted by Gasteiger charge is -2.24. The van der Waals surface area contributed by atoms with Crippen LogP contribution in [0.5, 0.6) is 0 Å². The topological polar surface area (TPSA) is 77.0 Å². The van der Waals surface area contributed by atoms with Crippen molar-refractivity contribution in [2.75, 3.05) is 7.05 Å². The summed E-state index contributed by atoms with van der Waals surface area (Å²) in [5, 5.41) is 8.05. The molecule has 1 unspecified atom stereocenters. The fourth-order valence-electron chi connectivity index (χ4n) is 2.78. The molecule has 1 amide bonds. The third kappa shape index (κ3) is 3.05. The van der Waals surface area contributed by atoms with Crippen LogP contribution in [0.25, 0.3) is 5.69 Å². The number of hydrogen-bond acceptors (Lipinski definition) is 5. The van der Waals surface area contributed by atoms with Gasteiger partial charge in [0, 0.05) is 19.0 Å². The molecule has 128 valence electrons. The van der Waals surface area contributed by atoms with Crippen LogP contribution in [-0.4, -0.2) is 37.8 Å². The van der Waals surface area contributed by atoms with Crippen molar-refractivity contribution in [1.29, 1.82) is 0 Å². The van der Waals surface area contributed by atoms with Crippen LogP contribution in [0.15, 0.2) is 47.5 Å². The molecule has 7 nitrogen and oxygen atoms in total. The van der Waals surface area contributed by atoms with Gasteiger partial charge in [-0.1, -0.05) is 17.3 Å². The van der Waals surface area contributed by atoms with E-state index in [4.69, 9.17) is 4.52 Å². The number of carbonyl (C=O) groups is 1. The second-order valence-electron chi connectivity index (χ2n) is 6.41. The molecule has 0 radical (unpaired) electrons.